The molecule has 1 aliphatic heterocycles. The van der Waals surface area contributed by atoms with E-state index < -0.39 is 37.0 Å². The van der Waals surface area contributed by atoms with Crippen LogP contribution in [-0.4, -0.2) is 43.1 Å². The van der Waals surface area contributed by atoms with Crippen molar-refractivity contribution >= 4 is 21.2 Å². The van der Waals surface area contributed by atoms with Crippen molar-refractivity contribution < 1.29 is 31.6 Å². The minimum atomic E-state index is -5.65. The first-order valence-electron chi connectivity index (χ1n) is 6.57. The zero-order chi connectivity index (χ0) is 17.4. The number of hydrogen-bond acceptors (Lipinski definition) is 6. The molecule has 0 atom stereocenters. The van der Waals surface area contributed by atoms with Crippen molar-refractivity contribution in [3.63, 3.8) is 0 Å². The third kappa shape index (κ3) is 3.39. The Morgan fingerprint density at radius 2 is 1.83 bits per heavy atom. The summed E-state index contributed by atoms with van der Waals surface area (Å²) in [6.07, 6.45) is 0.190. The number of nitro groups is 1. The van der Waals surface area contributed by atoms with Crippen molar-refractivity contribution in [3.05, 3.63) is 28.3 Å². The Kier molecular flexibility index (Phi) is 4.53. The number of nitrogens with zero attached hydrogens (tertiary/aromatic N) is 2. The maximum Gasteiger partial charge on any atom is 0.501 e. The second-order valence-corrected chi connectivity index (χ2v) is 7.02. The fourth-order valence-electron chi connectivity index (χ4n) is 2.32. The number of halogens is 3. The van der Waals surface area contributed by atoms with E-state index in [-0.39, 0.29) is 18.8 Å². The number of alkyl halides is 3. The summed E-state index contributed by atoms with van der Waals surface area (Å²) in [5.74, 6) is 0. The minimum absolute atomic E-state index is 0.0306. The lowest BCUT2D eigenvalue weighted by Crippen LogP contribution is -2.36. The topological polar surface area (TPSA) is 101 Å². The van der Waals surface area contributed by atoms with Crippen molar-refractivity contribution in [1.29, 1.82) is 0 Å². The highest BCUT2D eigenvalue weighted by molar-refractivity contribution is 7.92. The number of hydrogen-bond donors (Lipinski definition) is 1. The molecule has 0 saturated carbocycles. The lowest BCUT2D eigenvalue weighted by molar-refractivity contribution is -0.384. The summed E-state index contributed by atoms with van der Waals surface area (Å²) in [6, 6.07) is 2.12. The van der Waals surface area contributed by atoms with E-state index in [1.54, 1.807) is 0 Å². The molecule has 1 saturated heterocycles. The highest BCUT2D eigenvalue weighted by Gasteiger charge is 2.47. The molecule has 23 heavy (non-hydrogen) atoms. The Hall–Kier alpha value is -1.88. The molecule has 0 amide bonds. The summed E-state index contributed by atoms with van der Waals surface area (Å²) in [6.45, 7) is 0.570. The van der Waals surface area contributed by atoms with Gasteiger partial charge < -0.3 is 10.0 Å². The van der Waals surface area contributed by atoms with Gasteiger partial charge >= 0.3 is 5.51 Å². The summed E-state index contributed by atoms with van der Waals surface area (Å²) in [5, 5.41) is 20.5. The number of sulfone groups is 1. The Morgan fingerprint density at radius 3 is 2.30 bits per heavy atom. The van der Waals surface area contributed by atoms with Crippen LogP contribution in [0.25, 0.3) is 0 Å². The number of anilines is 1. The summed E-state index contributed by atoms with van der Waals surface area (Å²) in [4.78, 5) is 10.6. The molecule has 1 aliphatic rings. The molecule has 7 nitrogen and oxygen atoms in total. The van der Waals surface area contributed by atoms with Gasteiger partial charge in [-0.15, -0.1) is 0 Å². The van der Waals surface area contributed by atoms with E-state index in [2.05, 4.69) is 0 Å². The van der Waals surface area contributed by atoms with Gasteiger partial charge in [0.15, 0.2) is 0 Å². The van der Waals surface area contributed by atoms with Crippen LogP contribution in [-0.2, 0) is 9.84 Å². The number of aliphatic hydroxyl groups is 1. The highest BCUT2D eigenvalue weighted by Crippen LogP contribution is 2.36. The van der Waals surface area contributed by atoms with E-state index in [4.69, 9.17) is 0 Å². The fraction of sp³-hybridized carbons (Fsp3) is 0.500. The van der Waals surface area contributed by atoms with E-state index in [9.17, 15) is 36.8 Å². The van der Waals surface area contributed by atoms with Gasteiger partial charge in [-0.05, 0) is 25.0 Å². The van der Waals surface area contributed by atoms with Crippen LogP contribution in [0.15, 0.2) is 23.1 Å². The van der Waals surface area contributed by atoms with Crippen LogP contribution in [0.3, 0.4) is 0 Å². The van der Waals surface area contributed by atoms with Gasteiger partial charge in [0.05, 0.1) is 15.9 Å². The first kappa shape index (κ1) is 17.5. The molecule has 2 rings (SSSR count). The van der Waals surface area contributed by atoms with E-state index in [1.807, 2.05) is 0 Å². The monoisotopic (exact) mass is 354 g/mol. The molecule has 0 radical (unpaired) electrons. The Bertz CT molecular complexity index is 712. The summed E-state index contributed by atoms with van der Waals surface area (Å²) >= 11 is 0. The maximum atomic E-state index is 12.6. The van der Waals surface area contributed by atoms with E-state index >= 15 is 0 Å². The number of rotatable bonds is 3. The van der Waals surface area contributed by atoms with E-state index in [1.165, 1.54) is 4.90 Å². The molecule has 0 unspecified atom stereocenters. The predicted octanol–water partition coefficient (Wildman–Crippen LogP) is 1.85. The van der Waals surface area contributed by atoms with Gasteiger partial charge in [-0.2, -0.15) is 13.2 Å². The first-order valence-corrected chi connectivity index (χ1v) is 8.05. The van der Waals surface area contributed by atoms with Crippen LogP contribution < -0.4 is 4.90 Å². The maximum absolute atomic E-state index is 12.6. The van der Waals surface area contributed by atoms with Crippen LogP contribution in [0.2, 0.25) is 0 Å². The molecular formula is C12H13F3N2O5S. The SMILES string of the molecule is O=[N+]([O-])c1cc(S(=O)(=O)C(F)(F)F)ccc1N1CCC(O)CC1. The molecule has 1 heterocycles. The smallest absolute Gasteiger partial charge is 0.393 e. The molecule has 0 bridgehead atoms. The Labute approximate surface area is 129 Å². The second kappa shape index (κ2) is 5.96. The molecule has 1 aromatic carbocycles. The van der Waals surface area contributed by atoms with Crippen LogP contribution in [0.5, 0.6) is 0 Å². The van der Waals surface area contributed by atoms with Crippen molar-refractivity contribution in [2.24, 2.45) is 0 Å². The van der Waals surface area contributed by atoms with E-state index in [0.717, 1.165) is 6.07 Å². The van der Waals surface area contributed by atoms with Crippen LogP contribution >= 0.6 is 0 Å². The van der Waals surface area contributed by atoms with Gasteiger partial charge in [-0.1, -0.05) is 0 Å². The zero-order valence-corrected chi connectivity index (χ0v) is 12.5. The first-order chi connectivity index (χ1) is 10.5. The minimum Gasteiger partial charge on any atom is -0.393 e. The second-order valence-electron chi connectivity index (χ2n) is 5.08. The molecule has 0 aromatic heterocycles. The molecule has 1 aromatic rings. The van der Waals surface area contributed by atoms with Gasteiger partial charge in [0.25, 0.3) is 15.5 Å². The molecule has 11 heteroatoms. The average Bonchev–Trinajstić information content (AvgIpc) is 2.46. The lowest BCUT2D eigenvalue weighted by Gasteiger charge is -2.31. The van der Waals surface area contributed by atoms with Crippen LogP contribution in [0, 0.1) is 10.1 Å². The third-order valence-corrected chi connectivity index (χ3v) is 5.05. The number of aliphatic hydroxyl groups excluding tert-OH is 1. The summed E-state index contributed by atoms with van der Waals surface area (Å²) < 4.78 is 60.4. The van der Waals surface area contributed by atoms with Crippen molar-refractivity contribution in [3.8, 4) is 0 Å². The normalized spacial score (nSPS) is 17.3. The summed E-state index contributed by atoms with van der Waals surface area (Å²) in [7, 11) is -5.65. The van der Waals surface area contributed by atoms with Crippen molar-refractivity contribution in [2.45, 2.75) is 29.3 Å². The zero-order valence-electron chi connectivity index (χ0n) is 11.7. The number of nitro benzene ring substituents is 1. The lowest BCUT2D eigenvalue weighted by atomic mass is 10.1. The average molecular weight is 354 g/mol. The molecule has 0 spiro atoms. The largest absolute Gasteiger partial charge is 0.501 e. The Morgan fingerprint density at radius 1 is 1.26 bits per heavy atom. The molecule has 1 fully saturated rings. The Balaban J connectivity index is 2.46. The molecule has 0 aliphatic carbocycles. The standard InChI is InChI=1S/C12H13F3N2O5S/c13-12(14,15)23(21,22)9-1-2-10(11(7-9)17(19)20)16-5-3-8(18)4-6-16/h1-2,7-8,18H,3-6H2. The fourth-order valence-corrected chi connectivity index (χ4v) is 3.11. The molecule has 1 N–H and O–H groups in total. The number of benzene rings is 1. The van der Waals surface area contributed by atoms with Crippen molar-refractivity contribution in [2.75, 3.05) is 18.0 Å². The van der Waals surface area contributed by atoms with Crippen molar-refractivity contribution in [1.82, 2.24) is 0 Å². The predicted molar refractivity (Wildman–Crippen MR) is 73.8 cm³/mol. The van der Waals surface area contributed by atoms with Gasteiger partial charge in [-0.3, -0.25) is 10.1 Å². The van der Waals surface area contributed by atoms with Gasteiger partial charge in [0, 0.05) is 19.2 Å². The highest BCUT2D eigenvalue weighted by atomic mass is 32.2. The van der Waals surface area contributed by atoms with Crippen LogP contribution in [0.1, 0.15) is 12.8 Å². The number of piperidine rings is 1. The van der Waals surface area contributed by atoms with Gasteiger partial charge in [0.1, 0.15) is 5.69 Å². The van der Waals surface area contributed by atoms with Crippen LogP contribution in [0.4, 0.5) is 24.5 Å². The summed E-state index contributed by atoms with van der Waals surface area (Å²) in [5.41, 5.74) is -6.22. The van der Waals surface area contributed by atoms with E-state index in [0.29, 0.717) is 25.0 Å². The van der Waals surface area contributed by atoms with Gasteiger partial charge in [-0.25, -0.2) is 8.42 Å². The molecular weight excluding hydrogens is 341 g/mol. The van der Waals surface area contributed by atoms with Gasteiger partial charge in [0.2, 0.25) is 0 Å². The quantitative estimate of drug-likeness (QED) is 0.657. The third-order valence-electron chi connectivity index (χ3n) is 3.56. The molecule has 128 valence electrons.